The van der Waals surface area contributed by atoms with Crippen molar-refractivity contribution in [3.8, 4) is 0 Å². The van der Waals surface area contributed by atoms with Gasteiger partial charge in [0.25, 0.3) is 0 Å². The Morgan fingerprint density at radius 2 is 1.13 bits per heavy atom. The molecule has 6 rings (SSSR count). The highest BCUT2D eigenvalue weighted by Gasteiger charge is 2.23. The van der Waals surface area contributed by atoms with Gasteiger partial charge in [0.15, 0.2) is 0 Å². The molecular weight excluding hydrogens is 779 g/mol. The van der Waals surface area contributed by atoms with Crippen molar-refractivity contribution in [1.82, 2.24) is 19.9 Å². The van der Waals surface area contributed by atoms with E-state index in [2.05, 4.69) is 46.7 Å². The number of benzene rings is 1. The smallest absolute Gasteiger partial charge is 0.303 e. The summed E-state index contributed by atoms with van der Waals surface area (Å²) < 4.78 is 0.348. The maximum Gasteiger partial charge on any atom is 0.303 e. The quantitative estimate of drug-likeness (QED) is 0.0751. The standard InChI is InChI=1S/C42H41IN6O4/c1-7-28-22(3)32-17-33-24(5)30(13-15-40(50)44-26-9-11-27(12-10-26)45-41(51)21-43)38(48-33)20-39-31(14-16-42(52)53)25(6)35(49-39)19-37-29(8-2)23(4)34(47-37)18-36(28)46-32/h7-12,17-20,46-47H,1-2,13-16,21H2,3-6H3,(H,44,50)(H,45,51)(H,52,53). The van der Waals surface area contributed by atoms with Gasteiger partial charge in [-0.25, -0.2) is 9.97 Å². The van der Waals surface area contributed by atoms with Crippen LogP contribution in [0.4, 0.5) is 11.4 Å². The molecule has 5 heterocycles. The predicted molar refractivity (Wildman–Crippen MR) is 224 cm³/mol. The Bertz CT molecular complexity index is 2430. The first-order chi connectivity index (χ1) is 25.4. The average Bonchev–Trinajstić information content (AvgIpc) is 3.79. The first kappa shape index (κ1) is 37.2. The number of aromatic amines is 2. The minimum absolute atomic E-state index is 0.0452. The molecule has 3 aromatic heterocycles. The van der Waals surface area contributed by atoms with Gasteiger partial charge in [-0.05, 0) is 122 Å². The number of nitrogens with zero attached hydrogens (tertiary/aromatic N) is 2. The second-order valence-corrected chi connectivity index (χ2v) is 13.9. The number of halogens is 1. The summed E-state index contributed by atoms with van der Waals surface area (Å²) in [6.07, 6.45) is 4.54. The van der Waals surface area contributed by atoms with Crippen LogP contribution >= 0.6 is 22.6 Å². The lowest BCUT2D eigenvalue weighted by Crippen LogP contribution is -2.13. The highest BCUT2D eigenvalue weighted by molar-refractivity contribution is 14.1. The molecule has 0 saturated carbocycles. The second-order valence-electron chi connectivity index (χ2n) is 13.1. The summed E-state index contributed by atoms with van der Waals surface area (Å²) in [6, 6.07) is 15.0. The van der Waals surface area contributed by atoms with Crippen LogP contribution in [0.5, 0.6) is 0 Å². The van der Waals surface area contributed by atoms with Gasteiger partial charge in [-0.1, -0.05) is 47.9 Å². The molecule has 0 unspecified atom stereocenters. The number of aliphatic carboxylic acids is 1. The molecule has 1 aromatic carbocycles. The average molecular weight is 821 g/mol. The third-order valence-corrected chi connectivity index (χ3v) is 10.5. The van der Waals surface area contributed by atoms with E-state index >= 15 is 0 Å². The summed E-state index contributed by atoms with van der Waals surface area (Å²) in [5, 5.41) is 15.4. The molecule has 0 spiro atoms. The van der Waals surface area contributed by atoms with Crippen LogP contribution in [0.1, 0.15) is 84.6 Å². The van der Waals surface area contributed by atoms with Crippen LogP contribution in [0.25, 0.3) is 56.5 Å². The van der Waals surface area contributed by atoms with Crippen molar-refractivity contribution in [2.24, 2.45) is 0 Å². The van der Waals surface area contributed by atoms with E-state index in [4.69, 9.17) is 9.97 Å². The summed E-state index contributed by atoms with van der Waals surface area (Å²) in [5.41, 5.74) is 15.2. The fourth-order valence-electron chi connectivity index (χ4n) is 6.83. The van der Waals surface area contributed by atoms with Crippen LogP contribution in [0.15, 0.2) is 61.7 Å². The van der Waals surface area contributed by atoms with Crippen molar-refractivity contribution in [3.05, 3.63) is 107 Å². The second kappa shape index (κ2) is 15.6. The Balaban J connectivity index is 1.48. The number of carboxylic acids is 1. The molecule has 0 aliphatic carbocycles. The number of carbonyl (C=O) groups excluding carboxylic acids is 2. The van der Waals surface area contributed by atoms with Gasteiger partial charge in [0.05, 0.1) is 27.2 Å². The number of amides is 2. The molecule has 2 aliphatic rings. The molecule has 5 N–H and O–H groups in total. The number of allylic oxidation sites excluding steroid dienone is 4. The maximum atomic E-state index is 13.3. The van der Waals surface area contributed by atoms with Crippen LogP contribution in [0.2, 0.25) is 0 Å². The van der Waals surface area contributed by atoms with Crippen LogP contribution in [-0.4, -0.2) is 47.3 Å². The van der Waals surface area contributed by atoms with Gasteiger partial charge in [0.1, 0.15) is 0 Å². The number of nitrogens with one attached hydrogen (secondary N) is 4. The fraction of sp³-hybridized carbons (Fsp3) is 0.214. The van der Waals surface area contributed by atoms with Gasteiger partial charge in [0.2, 0.25) is 11.8 Å². The molecule has 11 heteroatoms. The SMILES string of the molecule is C=Cc1c(C)c2cc3[nH]c(cc4nc(cc5nc(cc1[nH]2)C(C)=C5CCC(=O)O)C(CCC(=O)Nc1ccc(NC(=O)CI)cc1)=C4C)c(C)c3C=C. The monoisotopic (exact) mass is 820 g/mol. The zero-order valence-electron chi connectivity index (χ0n) is 30.2. The first-order valence-corrected chi connectivity index (χ1v) is 18.8. The van der Waals surface area contributed by atoms with E-state index in [0.29, 0.717) is 40.0 Å². The summed E-state index contributed by atoms with van der Waals surface area (Å²) in [6.45, 7) is 16.3. The normalized spacial score (nSPS) is 12.5. The summed E-state index contributed by atoms with van der Waals surface area (Å²) in [4.78, 5) is 54.0. The molecule has 53 heavy (non-hydrogen) atoms. The number of rotatable bonds is 11. The Hall–Kier alpha value is -5.56. The molecule has 0 radical (unpaired) electrons. The maximum absolute atomic E-state index is 13.3. The van der Waals surface area contributed by atoms with Gasteiger partial charge >= 0.3 is 5.97 Å². The van der Waals surface area contributed by atoms with Crippen LogP contribution in [0, 0.1) is 13.8 Å². The minimum Gasteiger partial charge on any atom is -0.481 e. The lowest BCUT2D eigenvalue weighted by atomic mass is 9.98. The number of H-pyrrole nitrogens is 2. The summed E-state index contributed by atoms with van der Waals surface area (Å²) in [7, 11) is 0. The highest BCUT2D eigenvalue weighted by Crippen LogP contribution is 2.38. The molecular formula is C42H41IN6O4. The highest BCUT2D eigenvalue weighted by atomic mass is 127. The summed E-state index contributed by atoms with van der Waals surface area (Å²) >= 11 is 2.00. The minimum atomic E-state index is -0.889. The van der Waals surface area contributed by atoms with Crippen molar-refractivity contribution in [2.45, 2.75) is 53.4 Å². The van der Waals surface area contributed by atoms with Crippen molar-refractivity contribution in [1.29, 1.82) is 0 Å². The summed E-state index contributed by atoms with van der Waals surface area (Å²) in [5.74, 6) is -1.15. The predicted octanol–water partition coefficient (Wildman–Crippen LogP) is 9.74. The number of aromatic nitrogens is 4. The van der Waals surface area contributed by atoms with E-state index in [1.807, 2.05) is 73.7 Å². The van der Waals surface area contributed by atoms with Gasteiger partial charge < -0.3 is 25.7 Å². The zero-order valence-corrected chi connectivity index (χ0v) is 32.3. The number of carboxylic acid groups (broad SMARTS) is 1. The fourth-order valence-corrected chi connectivity index (χ4v) is 7.02. The molecule has 8 bridgehead atoms. The van der Waals surface area contributed by atoms with Crippen molar-refractivity contribution in [3.63, 3.8) is 0 Å². The first-order valence-electron chi connectivity index (χ1n) is 17.3. The van der Waals surface area contributed by atoms with Gasteiger partial charge in [-0.2, -0.15) is 0 Å². The largest absolute Gasteiger partial charge is 0.481 e. The number of hydrogen-bond acceptors (Lipinski definition) is 5. The molecule has 0 saturated heterocycles. The Morgan fingerprint density at radius 1 is 0.679 bits per heavy atom. The Morgan fingerprint density at radius 3 is 1.62 bits per heavy atom. The molecule has 4 aromatic rings. The third kappa shape index (κ3) is 7.80. The van der Waals surface area contributed by atoms with Crippen LogP contribution in [0.3, 0.4) is 0 Å². The Kier molecular flexibility index (Phi) is 10.9. The van der Waals surface area contributed by atoms with E-state index in [0.717, 1.165) is 78.0 Å². The van der Waals surface area contributed by atoms with Gasteiger partial charge in [-0.3, -0.25) is 14.4 Å². The lowest BCUT2D eigenvalue weighted by molar-refractivity contribution is -0.136. The van der Waals surface area contributed by atoms with E-state index in [9.17, 15) is 19.5 Å². The molecule has 270 valence electrons. The topological polar surface area (TPSA) is 153 Å². The van der Waals surface area contributed by atoms with Crippen molar-refractivity contribution < 1.29 is 19.5 Å². The van der Waals surface area contributed by atoms with Gasteiger partial charge in [0, 0.05) is 57.4 Å². The number of anilines is 2. The number of fused-ring (bicyclic) bond motifs is 8. The van der Waals surface area contributed by atoms with E-state index in [-0.39, 0.29) is 24.7 Å². The molecule has 2 amide bonds. The van der Waals surface area contributed by atoms with Crippen LogP contribution in [-0.2, 0) is 14.4 Å². The number of hydrogen-bond donors (Lipinski definition) is 5. The number of alkyl halides is 1. The van der Waals surface area contributed by atoms with Crippen molar-refractivity contribution in [2.75, 3.05) is 15.1 Å². The third-order valence-electron chi connectivity index (χ3n) is 9.81. The van der Waals surface area contributed by atoms with Crippen LogP contribution < -0.4 is 10.6 Å². The van der Waals surface area contributed by atoms with E-state index in [1.54, 1.807) is 24.3 Å². The molecule has 2 aliphatic heterocycles. The molecule has 10 nitrogen and oxygen atoms in total. The zero-order chi connectivity index (χ0) is 38.0. The Labute approximate surface area is 321 Å². The molecule has 0 fully saturated rings. The van der Waals surface area contributed by atoms with Crippen molar-refractivity contribution >= 4 is 108 Å². The lowest BCUT2D eigenvalue weighted by Gasteiger charge is -2.09. The molecule has 0 atom stereocenters. The van der Waals surface area contributed by atoms with E-state index in [1.165, 1.54) is 0 Å². The van der Waals surface area contributed by atoms with E-state index < -0.39 is 5.97 Å². The number of aryl methyl sites for hydroxylation is 2. The number of carbonyl (C=O) groups is 3. The van der Waals surface area contributed by atoms with Gasteiger partial charge in [-0.15, -0.1) is 0 Å².